The number of rotatable bonds is 3. The molecule has 7 nitrogen and oxygen atoms in total. The van der Waals surface area contributed by atoms with Crippen molar-refractivity contribution in [2.45, 2.75) is 31.8 Å². The number of hydrogen-bond acceptors (Lipinski definition) is 6. The van der Waals surface area contributed by atoms with Gasteiger partial charge in [-0.05, 0) is 43.5 Å². The Morgan fingerprint density at radius 2 is 1.65 bits per heavy atom. The average Bonchev–Trinajstić information content (AvgIpc) is 2.68. The number of carbonyl (C=O) groups is 1. The first-order chi connectivity index (χ1) is 14.5. The predicted octanol–water partition coefficient (Wildman–Crippen LogP) is 3.81. The van der Waals surface area contributed by atoms with Gasteiger partial charge >= 0.3 is 0 Å². The van der Waals surface area contributed by atoms with E-state index < -0.39 is 26.9 Å². The summed E-state index contributed by atoms with van der Waals surface area (Å²) < 4.78 is 33.8. The molecule has 31 heavy (non-hydrogen) atoms. The molecule has 0 aliphatic heterocycles. The van der Waals surface area contributed by atoms with Crippen molar-refractivity contribution in [3.8, 4) is 0 Å². The topological polar surface area (TPSA) is 130 Å². The number of nitrogens with two attached hydrogens (primary N) is 1. The van der Waals surface area contributed by atoms with Crippen LogP contribution in [0.3, 0.4) is 0 Å². The molecule has 0 fully saturated rings. The second-order valence-corrected chi connectivity index (χ2v) is 9.21. The third-order valence-electron chi connectivity index (χ3n) is 5.58. The highest BCUT2D eigenvalue weighted by Gasteiger charge is 2.36. The van der Waals surface area contributed by atoms with Crippen molar-refractivity contribution >= 4 is 33.0 Å². The van der Waals surface area contributed by atoms with Crippen LogP contribution in [0.2, 0.25) is 0 Å². The largest absolute Gasteiger partial charge is 0.397 e. The molecular weight excluding hydrogens is 416 g/mol. The quantitative estimate of drug-likeness (QED) is 0.361. The number of hydrogen-bond donors (Lipinski definition) is 4. The highest BCUT2D eigenvalue weighted by molar-refractivity contribution is 7.86. The zero-order valence-corrected chi connectivity index (χ0v) is 18.0. The van der Waals surface area contributed by atoms with E-state index in [9.17, 15) is 22.9 Å². The number of aryl methyl sites for hydroxylation is 3. The Hall–Kier alpha value is -3.20. The highest BCUT2D eigenvalue weighted by atomic mass is 32.2. The molecule has 160 valence electrons. The van der Waals surface area contributed by atoms with Crippen LogP contribution in [0.4, 0.5) is 17.1 Å². The molecule has 1 aliphatic carbocycles. The summed E-state index contributed by atoms with van der Waals surface area (Å²) in [4.78, 5) is 12.7. The van der Waals surface area contributed by atoms with E-state index in [1.807, 2.05) is 32.9 Å². The van der Waals surface area contributed by atoms with Gasteiger partial charge in [0.05, 0.1) is 11.3 Å². The molecule has 3 aromatic carbocycles. The minimum Gasteiger partial charge on any atom is -0.397 e. The van der Waals surface area contributed by atoms with Crippen molar-refractivity contribution in [2.75, 3.05) is 11.1 Å². The summed E-state index contributed by atoms with van der Waals surface area (Å²) in [5.41, 5.74) is 10.1. The van der Waals surface area contributed by atoms with Crippen molar-refractivity contribution in [3.63, 3.8) is 0 Å². The Balaban J connectivity index is 2.04. The summed E-state index contributed by atoms with van der Waals surface area (Å²) in [6.45, 7) is 5.75. The van der Waals surface area contributed by atoms with Crippen molar-refractivity contribution in [1.82, 2.24) is 0 Å². The summed E-state index contributed by atoms with van der Waals surface area (Å²) in [7, 11) is -4.73. The number of carbonyl (C=O) groups excluding carboxylic acids is 1. The van der Waals surface area contributed by atoms with Crippen LogP contribution < -0.4 is 11.1 Å². The first-order valence-electron chi connectivity index (χ1n) is 9.61. The summed E-state index contributed by atoms with van der Waals surface area (Å²) in [6.07, 6.45) is -1.21. The molecule has 0 amide bonds. The van der Waals surface area contributed by atoms with Crippen LogP contribution in [0.15, 0.2) is 47.4 Å². The van der Waals surface area contributed by atoms with Crippen molar-refractivity contribution < 1.29 is 22.9 Å². The number of aliphatic hydroxyl groups excluding tert-OH is 1. The molecule has 0 heterocycles. The lowest BCUT2D eigenvalue weighted by Gasteiger charge is -2.29. The molecular formula is C23H22N2O5S. The molecule has 0 saturated heterocycles. The van der Waals surface area contributed by atoms with Gasteiger partial charge in [-0.25, -0.2) is 0 Å². The van der Waals surface area contributed by atoms with Gasteiger partial charge in [0.1, 0.15) is 11.0 Å². The fraction of sp³-hybridized carbons (Fsp3) is 0.174. The smallest absolute Gasteiger partial charge is 0.296 e. The molecule has 0 saturated carbocycles. The normalized spacial score (nSPS) is 15.4. The molecule has 4 rings (SSSR count). The van der Waals surface area contributed by atoms with Crippen molar-refractivity contribution in [1.29, 1.82) is 0 Å². The predicted molar refractivity (Wildman–Crippen MR) is 119 cm³/mol. The van der Waals surface area contributed by atoms with Gasteiger partial charge in [0.2, 0.25) is 0 Å². The number of ketones is 1. The molecule has 0 bridgehead atoms. The highest BCUT2D eigenvalue weighted by Crippen LogP contribution is 2.45. The lowest BCUT2D eigenvalue weighted by Crippen LogP contribution is -2.24. The Bertz CT molecular complexity index is 1340. The van der Waals surface area contributed by atoms with E-state index in [0.29, 0.717) is 11.3 Å². The maximum Gasteiger partial charge on any atom is 0.296 e. The number of nitrogen functional groups attached to an aromatic ring is 1. The van der Waals surface area contributed by atoms with Crippen LogP contribution in [-0.4, -0.2) is 23.9 Å². The number of benzene rings is 3. The second kappa shape index (κ2) is 7.19. The van der Waals surface area contributed by atoms with Gasteiger partial charge < -0.3 is 16.2 Å². The van der Waals surface area contributed by atoms with Gasteiger partial charge in [-0.15, -0.1) is 0 Å². The maximum atomic E-state index is 13.2. The monoisotopic (exact) mass is 438 g/mol. The SMILES string of the molecule is Cc1cc(C)c(Nc2cc(S(=O)(=O)O)c(N)c3c2C(O)c2ccccc2C3=O)c(C)c1. The molecule has 0 radical (unpaired) electrons. The number of aliphatic hydroxyl groups is 1. The lowest BCUT2D eigenvalue weighted by molar-refractivity contribution is 0.102. The van der Waals surface area contributed by atoms with Gasteiger partial charge in [0, 0.05) is 22.5 Å². The summed E-state index contributed by atoms with van der Waals surface area (Å²) in [6, 6.07) is 11.6. The zero-order chi connectivity index (χ0) is 22.7. The lowest BCUT2D eigenvalue weighted by atomic mass is 9.81. The third kappa shape index (κ3) is 3.38. The Kier molecular flexibility index (Phi) is 4.88. The fourth-order valence-corrected chi connectivity index (χ4v) is 4.93. The van der Waals surface area contributed by atoms with Crippen LogP contribution in [-0.2, 0) is 10.1 Å². The molecule has 0 spiro atoms. The van der Waals surface area contributed by atoms with E-state index in [0.717, 1.165) is 22.8 Å². The van der Waals surface area contributed by atoms with E-state index in [1.165, 1.54) is 0 Å². The molecule has 0 aromatic heterocycles. The molecule has 5 N–H and O–H groups in total. The third-order valence-corrected chi connectivity index (χ3v) is 6.48. The molecule has 8 heteroatoms. The van der Waals surface area contributed by atoms with Gasteiger partial charge in [0.25, 0.3) is 10.1 Å². The first-order valence-corrected chi connectivity index (χ1v) is 11.0. The van der Waals surface area contributed by atoms with Gasteiger partial charge in [-0.1, -0.05) is 42.0 Å². The van der Waals surface area contributed by atoms with Gasteiger partial charge in [0.15, 0.2) is 5.78 Å². The Labute approximate surface area is 180 Å². The van der Waals surface area contributed by atoms with E-state index in [1.54, 1.807) is 24.3 Å². The van der Waals surface area contributed by atoms with Crippen LogP contribution in [0.25, 0.3) is 0 Å². The molecule has 1 unspecified atom stereocenters. The molecule has 3 aromatic rings. The second-order valence-electron chi connectivity index (χ2n) is 7.82. The first kappa shape index (κ1) is 21.0. The van der Waals surface area contributed by atoms with E-state index >= 15 is 0 Å². The summed E-state index contributed by atoms with van der Waals surface area (Å²) >= 11 is 0. The van der Waals surface area contributed by atoms with Crippen LogP contribution in [0.1, 0.15) is 49.8 Å². The zero-order valence-electron chi connectivity index (χ0n) is 17.2. The van der Waals surface area contributed by atoms with E-state index in [4.69, 9.17) is 5.73 Å². The minimum atomic E-state index is -4.73. The van der Waals surface area contributed by atoms with E-state index in [-0.39, 0.29) is 28.1 Å². The van der Waals surface area contributed by atoms with Gasteiger partial charge in [-0.3, -0.25) is 9.35 Å². The van der Waals surface area contributed by atoms with Crippen LogP contribution in [0.5, 0.6) is 0 Å². The molecule has 1 aliphatic rings. The van der Waals surface area contributed by atoms with Crippen LogP contribution in [0, 0.1) is 20.8 Å². The molecule has 1 atom stereocenters. The minimum absolute atomic E-state index is 0.133. The Morgan fingerprint density at radius 1 is 1.03 bits per heavy atom. The summed E-state index contributed by atoms with van der Waals surface area (Å²) in [5, 5.41) is 14.3. The van der Waals surface area contributed by atoms with Gasteiger partial charge in [-0.2, -0.15) is 8.42 Å². The number of fused-ring (bicyclic) bond motifs is 2. The number of nitrogens with one attached hydrogen (secondary N) is 1. The number of anilines is 3. The summed E-state index contributed by atoms with van der Waals surface area (Å²) in [5.74, 6) is -0.515. The average molecular weight is 439 g/mol. The standard InChI is InChI=1S/C23H22N2O5S/c1-11-8-12(2)21(13(3)9-11)25-16-10-17(31(28,29)30)20(24)19-18(16)22(26)14-6-4-5-7-15(14)23(19)27/h4-10,22,25-26H,24H2,1-3H3,(H,28,29,30). The Morgan fingerprint density at radius 3 is 2.26 bits per heavy atom. The van der Waals surface area contributed by atoms with Crippen LogP contribution >= 0.6 is 0 Å². The van der Waals surface area contributed by atoms with Crippen molar-refractivity contribution in [2.24, 2.45) is 0 Å². The van der Waals surface area contributed by atoms with Crippen molar-refractivity contribution in [3.05, 3.63) is 81.4 Å². The fourth-order valence-electron chi connectivity index (χ4n) is 4.28. The maximum absolute atomic E-state index is 13.2. The van der Waals surface area contributed by atoms with E-state index in [2.05, 4.69) is 5.32 Å².